The molecule has 0 aromatic heterocycles. The summed E-state index contributed by atoms with van der Waals surface area (Å²) in [5.74, 6) is 1.95. The second kappa shape index (κ2) is 6.85. The molecule has 0 saturated heterocycles. The van der Waals surface area contributed by atoms with E-state index >= 15 is 0 Å². The maximum absolute atomic E-state index is 8.77. The Balaban J connectivity index is 2.00. The number of nitrogens with zero attached hydrogens (tertiary/aromatic N) is 1. The number of benzene rings is 2. The maximum atomic E-state index is 8.77. The molecule has 0 saturated carbocycles. The first-order valence-corrected chi connectivity index (χ1v) is 7.14. The topological polar surface area (TPSA) is 58.6 Å². The highest BCUT2D eigenvalue weighted by Crippen LogP contribution is 2.20. The van der Waals surface area contributed by atoms with Crippen LogP contribution >= 0.6 is 11.8 Å². The zero-order chi connectivity index (χ0) is 13.5. The second-order valence-electron chi connectivity index (χ2n) is 4.12. The fraction of sp³-hybridized carbons (Fsp3) is 0.133. The van der Waals surface area contributed by atoms with Crippen LogP contribution < -0.4 is 5.73 Å². The van der Waals surface area contributed by atoms with E-state index in [9.17, 15) is 0 Å². The zero-order valence-corrected chi connectivity index (χ0v) is 11.3. The van der Waals surface area contributed by atoms with Crippen molar-refractivity contribution in [3.63, 3.8) is 0 Å². The Morgan fingerprint density at radius 2 is 1.68 bits per heavy atom. The molecule has 3 N–H and O–H groups in total. The van der Waals surface area contributed by atoms with Gasteiger partial charge in [0.15, 0.2) is 5.84 Å². The number of hydrogen-bond acceptors (Lipinski definition) is 3. The van der Waals surface area contributed by atoms with Gasteiger partial charge in [-0.2, -0.15) is 11.8 Å². The molecule has 98 valence electrons. The van der Waals surface area contributed by atoms with Gasteiger partial charge in [0.1, 0.15) is 0 Å². The lowest BCUT2D eigenvalue weighted by atomic mass is 10.1. The van der Waals surface area contributed by atoms with Gasteiger partial charge in [0, 0.05) is 17.1 Å². The van der Waals surface area contributed by atoms with Gasteiger partial charge in [-0.3, -0.25) is 0 Å². The smallest absolute Gasteiger partial charge is 0.170 e. The summed E-state index contributed by atoms with van der Waals surface area (Å²) in [6, 6.07) is 18.1. The summed E-state index contributed by atoms with van der Waals surface area (Å²) in [5.41, 5.74) is 8.85. The van der Waals surface area contributed by atoms with Crippen LogP contribution in [0.15, 0.2) is 59.8 Å². The molecular weight excluding hydrogens is 256 g/mol. The van der Waals surface area contributed by atoms with Crippen LogP contribution in [0.25, 0.3) is 0 Å². The van der Waals surface area contributed by atoms with E-state index in [1.165, 1.54) is 5.56 Å². The predicted molar refractivity (Wildman–Crippen MR) is 80.4 cm³/mol. The molecule has 0 radical (unpaired) electrons. The quantitative estimate of drug-likeness (QED) is 0.380. The molecule has 0 aliphatic carbocycles. The number of hydrogen-bond donors (Lipinski definition) is 2. The molecule has 2 aromatic rings. The summed E-state index contributed by atoms with van der Waals surface area (Å²) < 4.78 is 0. The summed E-state index contributed by atoms with van der Waals surface area (Å²) in [6.45, 7) is 0. The highest BCUT2D eigenvalue weighted by atomic mass is 32.2. The Hall–Kier alpha value is -1.94. The summed E-state index contributed by atoms with van der Waals surface area (Å²) in [6.07, 6.45) is 0. The van der Waals surface area contributed by atoms with Crippen molar-refractivity contribution in [1.29, 1.82) is 0 Å². The molecule has 2 rings (SSSR count). The molecule has 2 aromatic carbocycles. The fourth-order valence-corrected chi connectivity index (χ4v) is 2.80. The molecule has 0 bridgehead atoms. The first-order chi connectivity index (χ1) is 9.31. The molecule has 0 aliphatic heterocycles. The van der Waals surface area contributed by atoms with Gasteiger partial charge in [0.2, 0.25) is 0 Å². The van der Waals surface area contributed by atoms with Crippen LogP contribution in [-0.4, -0.2) is 11.0 Å². The van der Waals surface area contributed by atoms with Gasteiger partial charge in [-0.25, -0.2) is 0 Å². The van der Waals surface area contributed by atoms with Crippen LogP contribution in [-0.2, 0) is 11.5 Å². The van der Waals surface area contributed by atoms with Crippen molar-refractivity contribution in [1.82, 2.24) is 0 Å². The molecule has 0 heterocycles. The highest BCUT2D eigenvalue weighted by molar-refractivity contribution is 7.97. The van der Waals surface area contributed by atoms with Crippen molar-refractivity contribution in [3.05, 3.63) is 71.3 Å². The van der Waals surface area contributed by atoms with Crippen molar-refractivity contribution in [2.24, 2.45) is 10.9 Å². The van der Waals surface area contributed by atoms with Gasteiger partial charge >= 0.3 is 0 Å². The largest absolute Gasteiger partial charge is 0.409 e. The standard InChI is InChI=1S/C15H16N2OS/c16-15(17-18)14-9-5-4-8-13(14)11-19-10-12-6-2-1-3-7-12/h1-9,18H,10-11H2,(H2,16,17). The number of thioether (sulfide) groups is 1. The Labute approximate surface area is 117 Å². The Bertz CT molecular complexity index is 555. The molecule has 0 aliphatic rings. The minimum atomic E-state index is 0.163. The lowest BCUT2D eigenvalue weighted by Crippen LogP contribution is -2.15. The first kappa shape index (κ1) is 13.5. The molecule has 0 amide bonds. The molecular formula is C15H16N2OS. The fourth-order valence-electron chi connectivity index (χ4n) is 1.80. The van der Waals surface area contributed by atoms with Crippen LogP contribution in [0, 0.1) is 0 Å². The SMILES string of the molecule is N/C(=N\O)c1ccccc1CSCc1ccccc1. The van der Waals surface area contributed by atoms with Gasteiger partial charge in [-0.15, -0.1) is 0 Å². The van der Waals surface area contributed by atoms with E-state index in [-0.39, 0.29) is 5.84 Å². The number of oxime groups is 1. The number of nitrogens with two attached hydrogens (primary N) is 1. The minimum Gasteiger partial charge on any atom is -0.409 e. The maximum Gasteiger partial charge on any atom is 0.170 e. The third-order valence-electron chi connectivity index (χ3n) is 2.77. The normalized spacial score (nSPS) is 11.5. The number of amidine groups is 1. The highest BCUT2D eigenvalue weighted by Gasteiger charge is 2.06. The van der Waals surface area contributed by atoms with Gasteiger partial charge in [-0.05, 0) is 11.1 Å². The van der Waals surface area contributed by atoms with Crippen molar-refractivity contribution in [2.75, 3.05) is 0 Å². The Kier molecular flexibility index (Phi) is 4.86. The predicted octanol–water partition coefficient (Wildman–Crippen LogP) is 3.21. The zero-order valence-electron chi connectivity index (χ0n) is 10.5. The summed E-state index contributed by atoms with van der Waals surface area (Å²) in [7, 11) is 0. The Morgan fingerprint density at radius 3 is 2.42 bits per heavy atom. The van der Waals surface area contributed by atoms with Crippen molar-refractivity contribution >= 4 is 17.6 Å². The van der Waals surface area contributed by atoms with Gasteiger partial charge in [-0.1, -0.05) is 59.8 Å². The molecule has 19 heavy (non-hydrogen) atoms. The van der Waals surface area contributed by atoms with E-state index in [0.717, 1.165) is 22.6 Å². The monoisotopic (exact) mass is 272 g/mol. The third kappa shape index (κ3) is 3.76. The van der Waals surface area contributed by atoms with Crippen LogP contribution in [0.4, 0.5) is 0 Å². The van der Waals surface area contributed by atoms with Gasteiger partial charge in [0.05, 0.1) is 0 Å². The van der Waals surface area contributed by atoms with E-state index in [1.807, 2.05) is 54.2 Å². The summed E-state index contributed by atoms with van der Waals surface area (Å²) in [5, 5.41) is 11.8. The molecule has 0 atom stereocenters. The number of rotatable bonds is 5. The molecule has 4 heteroatoms. The lowest BCUT2D eigenvalue weighted by Gasteiger charge is -2.08. The molecule has 0 spiro atoms. The second-order valence-corrected chi connectivity index (χ2v) is 5.11. The van der Waals surface area contributed by atoms with Crippen LogP contribution in [0.5, 0.6) is 0 Å². The molecule has 0 unspecified atom stereocenters. The van der Waals surface area contributed by atoms with E-state index in [2.05, 4.69) is 17.3 Å². The van der Waals surface area contributed by atoms with Crippen molar-refractivity contribution in [3.8, 4) is 0 Å². The summed E-state index contributed by atoms with van der Waals surface area (Å²) >= 11 is 1.81. The van der Waals surface area contributed by atoms with Crippen LogP contribution in [0.1, 0.15) is 16.7 Å². The minimum absolute atomic E-state index is 0.163. The van der Waals surface area contributed by atoms with Crippen LogP contribution in [0.2, 0.25) is 0 Å². The average molecular weight is 272 g/mol. The van der Waals surface area contributed by atoms with E-state index in [4.69, 9.17) is 10.9 Å². The molecule has 0 fully saturated rings. The Morgan fingerprint density at radius 1 is 1.00 bits per heavy atom. The van der Waals surface area contributed by atoms with Crippen molar-refractivity contribution < 1.29 is 5.21 Å². The molecule has 3 nitrogen and oxygen atoms in total. The van der Waals surface area contributed by atoms with E-state index in [1.54, 1.807) is 0 Å². The van der Waals surface area contributed by atoms with Crippen LogP contribution in [0.3, 0.4) is 0 Å². The van der Waals surface area contributed by atoms with E-state index < -0.39 is 0 Å². The first-order valence-electron chi connectivity index (χ1n) is 5.98. The summed E-state index contributed by atoms with van der Waals surface area (Å²) in [4.78, 5) is 0. The van der Waals surface area contributed by atoms with Gasteiger partial charge in [0.25, 0.3) is 0 Å². The van der Waals surface area contributed by atoms with E-state index in [0.29, 0.717) is 0 Å². The van der Waals surface area contributed by atoms with Gasteiger partial charge < -0.3 is 10.9 Å². The van der Waals surface area contributed by atoms with Crippen molar-refractivity contribution in [2.45, 2.75) is 11.5 Å². The third-order valence-corrected chi connectivity index (χ3v) is 3.82. The average Bonchev–Trinajstić information content (AvgIpc) is 2.48. The lowest BCUT2D eigenvalue weighted by molar-refractivity contribution is 0.318.